The Balaban J connectivity index is 4.41. The number of carbonyl (C=O) groups is 3. The molecule has 0 radical (unpaired) electrons. The van der Waals surface area contributed by atoms with Gasteiger partial charge in [-0.1, -0.05) is 229 Å². The Kier molecular flexibility index (Phi) is 49.4. The molecule has 0 bridgehead atoms. The van der Waals surface area contributed by atoms with E-state index in [0.29, 0.717) is 19.3 Å². The molecule has 0 fully saturated rings. The van der Waals surface area contributed by atoms with Gasteiger partial charge in [0.15, 0.2) is 6.10 Å². The molecular weight excluding hydrogens is 781 g/mol. The number of esters is 3. The van der Waals surface area contributed by atoms with Crippen molar-refractivity contribution in [2.75, 3.05) is 13.2 Å². The number of hydrogen-bond acceptors (Lipinski definition) is 6. The van der Waals surface area contributed by atoms with E-state index in [1.165, 1.54) is 116 Å². The molecule has 0 N–H and O–H groups in total. The zero-order valence-electron chi connectivity index (χ0n) is 41.6. The Hall–Kier alpha value is -2.89. The summed E-state index contributed by atoms with van der Waals surface area (Å²) >= 11 is 0. The normalized spacial score (nSPS) is 12.5. The molecule has 1 unspecified atom stereocenters. The van der Waals surface area contributed by atoms with E-state index in [9.17, 15) is 14.4 Å². The van der Waals surface area contributed by atoms with Crippen molar-refractivity contribution in [3.63, 3.8) is 0 Å². The van der Waals surface area contributed by atoms with E-state index in [2.05, 4.69) is 81.5 Å². The minimum Gasteiger partial charge on any atom is -0.462 e. The molecule has 0 aromatic heterocycles. The number of carbonyl (C=O) groups excluding carboxylic acids is 3. The maximum atomic E-state index is 12.8. The molecule has 0 aliphatic rings. The summed E-state index contributed by atoms with van der Waals surface area (Å²) < 4.78 is 16.8. The highest BCUT2D eigenvalue weighted by atomic mass is 16.6. The van der Waals surface area contributed by atoms with Crippen molar-refractivity contribution in [1.29, 1.82) is 0 Å². The van der Waals surface area contributed by atoms with Crippen LogP contribution in [0, 0.1) is 0 Å². The average Bonchev–Trinajstić information content (AvgIpc) is 3.28. The molecule has 6 heteroatoms. The first-order chi connectivity index (χ1) is 31.0. The van der Waals surface area contributed by atoms with Gasteiger partial charge in [0.1, 0.15) is 13.2 Å². The largest absolute Gasteiger partial charge is 0.462 e. The van der Waals surface area contributed by atoms with Gasteiger partial charge in [-0.05, 0) is 77.0 Å². The highest BCUT2D eigenvalue weighted by molar-refractivity contribution is 5.71. The second-order valence-corrected chi connectivity index (χ2v) is 17.8. The molecule has 0 saturated heterocycles. The lowest BCUT2D eigenvalue weighted by Gasteiger charge is -2.18. The number of allylic oxidation sites excluding steroid dienone is 10. The molecule has 364 valence electrons. The first-order valence-electron chi connectivity index (χ1n) is 26.8. The molecule has 6 nitrogen and oxygen atoms in total. The molecule has 63 heavy (non-hydrogen) atoms. The van der Waals surface area contributed by atoms with E-state index in [4.69, 9.17) is 14.2 Å². The maximum absolute atomic E-state index is 12.8. The highest BCUT2D eigenvalue weighted by Gasteiger charge is 2.19. The summed E-state index contributed by atoms with van der Waals surface area (Å²) in [5.41, 5.74) is 0. The van der Waals surface area contributed by atoms with Crippen LogP contribution in [0.4, 0.5) is 0 Å². The minimum atomic E-state index is -0.790. The number of hydrogen-bond donors (Lipinski definition) is 0. The molecular formula is C57H100O6. The Bertz CT molecular complexity index is 1150. The minimum absolute atomic E-state index is 0.0866. The Morgan fingerprint density at radius 1 is 0.349 bits per heavy atom. The van der Waals surface area contributed by atoms with Crippen LogP contribution in [0.2, 0.25) is 0 Å². The van der Waals surface area contributed by atoms with E-state index in [-0.39, 0.29) is 31.1 Å². The summed E-state index contributed by atoms with van der Waals surface area (Å²) in [5, 5.41) is 0. The lowest BCUT2D eigenvalue weighted by Crippen LogP contribution is -2.30. The van der Waals surface area contributed by atoms with Gasteiger partial charge in [-0.3, -0.25) is 14.4 Å². The molecule has 1 atom stereocenters. The second kappa shape index (κ2) is 51.7. The predicted octanol–water partition coefficient (Wildman–Crippen LogP) is 17.6. The first-order valence-corrected chi connectivity index (χ1v) is 26.8. The average molecular weight is 881 g/mol. The quantitative estimate of drug-likeness (QED) is 0.0199. The smallest absolute Gasteiger partial charge is 0.306 e. The van der Waals surface area contributed by atoms with Crippen LogP contribution < -0.4 is 0 Å². The van der Waals surface area contributed by atoms with Gasteiger partial charge in [0.2, 0.25) is 0 Å². The third-order valence-electron chi connectivity index (χ3n) is 11.5. The number of rotatable bonds is 48. The van der Waals surface area contributed by atoms with Crippen LogP contribution in [0.15, 0.2) is 60.8 Å². The van der Waals surface area contributed by atoms with Crippen LogP contribution in [-0.4, -0.2) is 37.2 Å². The van der Waals surface area contributed by atoms with Crippen LogP contribution >= 0.6 is 0 Å². The van der Waals surface area contributed by atoms with Crippen molar-refractivity contribution in [3.05, 3.63) is 60.8 Å². The van der Waals surface area contributed by atoms with E-state index >= 15 is 0 Å². The van der Waals surface area contributed by atoms with Crippen molar-refractivity contribution in [2.45, 2.75) is 271 Å². The Morgan fingerprint density at radius 3 is 1.06 bits per heavy atom. The van der Waals surface area contributed by atoms with E-state index in [1.807, 2.05) is 0 Å². The number of unbranched alkanes of at least 4 members (excludes halogenated alkanes) is 28. The predicted molar refractivity (Wildman–Crippen MR) is 270 cm³/mol. The Labute approximate surface area is 390 Å². The van der Waals surface area contributed by atoms with Crippen molar-refractivity contribution < 1.29 is 28.6 Å². The highest BCUT2D eigenvalue weighted by Crippen LogP contribution is 2.15. The molecule has 0 aliphatic heterocycles. The van der Waals surface area contributed by atoms with Crippen LogP contribution in [0.25, 0.3) is 0 Å². The van der Waals surface area contributed by atoms with Gasteiger partial charge in [0, 0.05) is 19.3 Å². The molecule has 0 amide bonds. The molecule has 0 aromatic carbocycles. The molecule has 0 aliphatic carbocycles. The molecule has 0 spiro atoms. The summed E-state index contributed by atoms with van der Waals surface area (Å²) in [6.45, 7) is 6.50. The van der Waals surface area contributed by atoms with Gasteiger partial charge in [-0.2, -0.15) is 0 Å². The van der Waals surface area contributed by atoms with Crippen molar-refractivity contribution in [3.8, 4) is 0 Å². The second-order valence-electron chi connectivity index (χ2n) is 17.8. The van der Waals surface area contributed by atoms with E-state index in [1.54, 1.807) is 0 Å². The van der Waals surface area contributed by atoms with E-state index < -0.39 is 6.10 Å². The SMILES string of the molecule is CC/C=C\C/C=C\C/C=C\CCCCCCC(=O)OC(COC(=O)CCCCCCC/C=C\C=C/CCCCCCCCC)COC(=O)CCCCCCCCCCCCCCC. The van der Waals surface area contributed by atoms with Gasteiger partial charge >= 0.3 is 17.9 Å². The van der Waals surface area contributed by atoms with Crippen LogP contribution in [0.3, 0.4) is 0 Å². The van der Waals surface area contributed by atoms with E-state index in [0.717, 1.165) is 109 Å². The molecule has 0 heterocycles. The lowest BCUT2D eigenvalue weighted by molar-refractivity contribution is -0.167. The van der Waals surface area contributed by atoms with Crippen LogP contribution in [-0.2, 0) is 28.6 Å². The summed E-state index contributed by atoms with van der Waals surface area (Å²) in [6, 6.07) is 0. The molecule has 0 aromatic rings. The van der Waals surface area contributed by atoms with Crippen molar-refractivity contribution in [2.24, 2.45) is 0 Å². The third kappa shape index (κ3) is 50.0. The number of ether oxygens (including phenoxy) is 3. The molecule has 0 rings (SSSR count). The topological polar surface area (TPSA) is 78.9 Å². The summed E-state index contributed by atoms with van der Waals surface area (Å²) in [6.07, 6.45) is 63.5. The monoisotopic (exact) mass is 881 g/mol. The fourth-order valence-corrected chi connectivity index (χ4v) is 7.51. The first kappa shape index (κ1) is 60.1. The summed E-state index contributed by atoms with van der Waals surface area (Å²) in [5.74, 6) is -0.918. The van der Waals surface area contributed by atoms with Gasteiger partial charge < -0.3 is 14.2 Å². The fraction of sp³-hybridized carbons (Fsp3) is 0.772. The lowest BCUT2D eigenvalue weighted by atomic mass is 10.0. The van der Waals surface area contributed by atoms with Gasteiger partial charge in [0.05, 0.1) is 0 Å². The zero-order valence-corrected chi connectivity index (χ0v) is 41.6. The fourth-order valence-electron chi connectivity index (χ4n) is 7.51. The third-order valence-corrected chi connectivity index (χ3v) is 11.5. The standard InChI is InChI=1S/C57H100O6/c1-4-7-10-13-16-19-22-25-27-28-29-30-33-35-38-41-44-47-50-56(59)62-53-54(52-61-55(58)49-46-43-40-37-34-31-24-21-18-15-12-9-6-3)63-57(60)51-48-45-42-39-36-32-26-23-20-17-14-11-8-5-2/h8,11,17,20,26-30,32,54H,4-7,9-10,12-16,18-19,21-25,31,33-53H2,1-3H3/b11-8-,20-17-,28-27-,30-29-,32-26-. The van der Waals surface area contributed by atoms with Crippen molar-refractivity contribution in [1.82, 2.24) is 0 Å². The zero-order chi connectivity index (χ0) is 45.8. The summed E-state index contributed by atoms with van der Waals surface area (Å²) in [7, 11) is 0. The molecule has 0 saturated carbocycles. The van der Waals surface area contributed by atoms with Gasteiger partial charge in [-0.15, -0.1) is 0 Å². The van der Waals surface area contributed by atoms with Crippen LogP contribution in [0.5, 0.6) is 0 Å². The van der Waals surface area contributed by atoms with Crippen molar-refractivity contribution >= 4 is 17.9 Å². The Morgan fingerprint density at radius 2 is 0.667 bits per heavy atom. The summed E-state index contributed by atoms with van der Waals surface area (Å²) in [4.78, 5) is 38.0. The van der Waals surface area contributed by atoms with Crippen LogP contribution in [0.1, 0.15) is 265 Å². The maximum Gasteiger partial charge on any atom is 0.306 e. The van der Waals surface area contributed by atoms with Gasteiger partial charge in [0.25, 0.3) is 0 Å². The van der Waals surface area contributed by atoms with Gasteiger partial charge in [-0.25, -0.2) is 0 Å².